The Kier molecular flexibility index (Phi) is 5.73. The van der Waals surface area contributed by atoms with Crippen molar-refractivity contribution in [3.63, 3.8) is 0 Å². The lowest BCUT2D eigenvalue weighted by molar-refractivity contribution is -0.121. The lowest BCUT2D eigenvalue weighted by Crippen LogP contribution is -2.31. The largest absolute Gasteiger partial charge is 0.351 e. The van der Waals surface area contributed by atoms with Crippen LogP contribution in [0.25, 0.3) is 0 Å². The zero-order chi connectivity index (χ0) is 11.1. The number of hydrogen-bond donors (Lipinski definition) is 2. The molecule has 0 aliphatic carbocycles. The normalized spacial score (nSPS) is 21.0. The molecule has 3 nitrogen and oxygen atoms in total. The van der Waals surface area contributed by atoms with E-state index in [2.05, 4.69) is 17.2 Å². The van der Waals surface area contributed by atoms with Gasteiger partial charge in [-0.05, 0) is 38.3 Å². The highest BCUT2D eigenvalue weighted by Crippen LogP contribution is 2.15. The van der Waals surface area contributed by atoms with E-state index in [-0.39, 0.29) is 5.91 Å². The van der Waals surface area contributed by atoms with Gasteiger partial charge in [-0.2, -0.15) is 0 Å². The molecule has 1 rings (SSSR count). The minimum absolute atomic E-state index is 0.0716. The van der Waals surface area contributed by atoms with E-state index in [1.165, 1.54) is 12.8 Å². The van der Waals surface area contributed by atoms with Gasteiger partial charge in [0, 0.05) is 11.5 Å². The fourth-order valence-corrected chi connectivity index (χ4v) is 1.86. The summed E-state index contributed by atoms with van der Waals surface area (Å²) in [5, 5.41) is 6.55. The Bertz CT molecular complexity index is 225. The summed E-state index contributed by atoms with van der Waals surface area (Å²) in [4.78, 5) is 11.4. The Hall–Kier alpha value is -0.540. The molecule has 0 aromatic carbocycles. The summed E-state index contributed by atoms with van der Waals surface area (Å²) >= 11 is 5.55. The average Bonchev–Trinajstić information content (AvgIpc) is 2.25. The fourth-order valence-electron chi connectivity index (χ4n) is 1.79. The zero-order valence-electron chi connectivity index (χ0n) is 9.02. The number of piperidine rings is 1. The number of carbonyl (C=O) groups is 1. The molecule has 15 heavy (non-hydrogen) atoms. The van der Waals surface area contributed by atoms with Gasteiger partial charge in [0.2, 0.25) is 5.91 Å². The fraction of sp³-hybridized carbons (Fsp3) is 0.727. The highest BCUT2D eigenvalue weighted by molar-refractivity contribution is 6.29. The average molecular weight is 231 g/mol. The van der Waals surface area contributed by atoms with Crippen LogP contribution in [0, 0.1) is 5.92 Å². The molecular weight excluding hydrogens is 212 g/mol. The first-order chi connectivity index (χ1) is 7.18. The Morgan fingerprint density at radius 1 is 1.60 bits per heavy atom. The Balaban J connectivity index is 2.07. The lowest BCUT2D eigenvalue weighted by Gasteiger charge is -2.22. The third kappa shape index (κ3) is 5.80. The van der Waals surface area contributed by atoms with Gasteiger partial charge in [0.1, 0.15) is 0 Å². The van der Waals surface area contributed by atoms with E-state index in [0.717, 1.165) is 19.5 Å². The van der Waals surface area contributed by atoms with Gasteiger partial charge in [0.05, 0.1) is 6.54 Å². The minimum Gasteiger partial charge on any atom is -0.351 e. The molecule has 0 bridgehead atoms. The van der Waals surface area contributed by atoms with Gasteiger partial charge >= 0.3 is 0 Å². The van der Waals surface area contributed by atoms with Crippen LogP contribution in [0.3, 0.4) is 0 Å². The van der Waals surface area contributed by atoms with Crippen LogP contribution in [0.4, 0.5) is 0 Å². The molecule has 0 saturated carbocycles. The van der Waals surface area contributed by atoms with Crippen molar-refractivity contribution in [3.05, 3.63) is 11.6 Å². The van der Waals surface area contributed by atoms with Crippen molar-refractivity contribution in [2.75, 3.05) is 19.6 Å². The molecule has 4 heteroatoms. The maximum Gasteiger partial charge on any atom is 0.220 e. The van der Waals surface area contributed by atoms with Crippen LogP contribution in [-0.2, 0) is 4.79 Å². The van der Waals surface area contributed by atoms with Gasteiger partial charge in [0.25, 0.3) is 0 Å². The number of halogens is 1. The minimum atomic E-state index is 0.0716. The predicted octanol–water partition coefficient (Wildman–Crippen LogP) is 1.63. The first-order valence-electron chi connectivity index (χ1n) is 5.49. The van der Waals surface area contributed by atoms with E-state index in [1.54, 1.807) is 0 Å². The summed E-state index contributed by atoms with van der Waals surface area (Å²) in [7, 11) is 0. The Morgan fingerprint density at radius 3 is 3.00 bits per heavy atom. The maximum absolute atomic E-state index is 11.4. The van der Waals surface area contributed by atoms with Gasteiger partial charge < -0.3 is 10.6 Å². The zero-order valence-corrected chi connectivity index (χ0v) is 9.78. The molecule has 1 fully saturated rings. The quantitative estimate of drug-likeness (QED) is 0.754. The van der Waals surface area contributed by atoms with Crippen LogP contribution in [0.15, 0.2) is 11.6 Å². The van der Waals surface area contributed by atoms with Crippen LogP contribution in [-0.4, -0.2) is 25.5 Å². The van der Waals surface area contributed by atoms with Crippen molar-refractivity contribution in [2.24, 2.45) is 5.92 Å². The molecular formula is C11H19ClN2O. The van der Waals surface area contributed by atoms with Crippen molar-refractivity contribution < 1.29 is 4.79 Å². The van der Waals surface area contributed by atoms with Crippen molar-refractivity contribution in [3.8, 4) is 0 Å². The van der Waals surface area contributed by atoms with E-state index in [1.807, 2.05) is 0 Å². The van der Waals surface area contributed by atoms with Crippen molar-refractivity contribution in [1.29, 1.82) is 0 Å². The van der Waals surface area contributed by atoms with Crippen molar-refractivity contribution in [1.82, 2.24) is 10.6 Å². The second-order valence-electron chi connectivity index (χ2n) is 4.05. The van der Waals surface area contributed by atoms with E-state index in [9.17, 15) is 4.79 Å². The van der Waals surface area contributed by atoms with E-state index < -0.39 is 0 Å². The van der Waals surface area contributed by atoms with Crippen LogP contribution < -0.4 is 10.6 Å². The second kappa shape index (κ2) is 6.85. The summed E-state index contributed by atoms with van der Waals surface area (Å²) in [5.41, 5.74) is 0. The molecule has 1 amide bonds. The standard InChI is InChI=1S/C11H19ClN2O/c1-9(12)7-14-11(15)5-4-10-3-2-6-13-8-10/h10,13H,1-8H2,(H,14,15). The Labute approximate surface area is 96.3 Å². The molecule has 1 aliphatic rings. The maximum atomic E-state index is 11.4. The molecule has 0 aromatic heterocycles. The highest BCUT2D eigenvalue weighted by atomic mass is 35.5. The van der Waals surface area contributed by atoms with Gasteiger partial charge in [0.15, 0.2) is 0 Å². The number of rotatable bonds is 5. The molecule has 0 aromatic rings. The van der Waals surface area contributed by atoms with Crippen LogP contribution >= 0.6 is 11.6 Å². The van der Waals surface area contributed by atoms with Gasteiger partial charge in [-0.3, -0.25) is 4.79 Å². The van der Waals surface area contributed by atoms with Crippen LogP contribution in [0.1, 0.15) is 25.7 Å². The summed E-state index contributed by atoms with van der Waals surface area (Å²) in [6.07, 6.45) is 4.03. The Morgan fingerprint density at radius 2 is 2.40 bits per heavy atom. The first kappa shape index (κ1) is 12.5. The molecule has 1 heterocycles. The van der Waals surface area contributed by atoms with E-state index in [0.29, 0.717) is 23.9 Å². The lowest BCUT2D eigenvalue weighted by atomic mass is 9.94. The van der Waals surface area contributed by atoms with Crippen LogP contribution in [0.2, 0.25) is 0 Å². The number of nitrogens with one attached hydrogen (secondary N) is 2. The molecule has 1 atom stereocenters. The topological polar surface area (TPSA) is 41.1 Å². The smallest absolute Gasteiger partial charge is 0.220 e. The third-order valence-corrected chi connectivity index (χ3v) is 2.79. The van der Waals surface area contributed by atoms with E-state index in [4.69, 9.17) is 11.6 Å². The number of carbonyl (C=O) groups excluding carboxylic acids is 1. The summed E-state index contributed by atoms with van der Waals surface area (Å²) in [6, 6.07) is 0. The molecule has 0 spiro atoms. The molecule has 1 unspecified atom stereocenters. The van der Waals surface area contributed by atoms with Gasteiger partial charge in [-0.1, -0.05) is 18.2 Å². The molecule has 1 aliphatic heterocycles. The first-order valence-corrected chi connectivity index (χ1v) is 5.87. The summed E-state index contributed by atoms with van der Waals surface area (Å²) in [5.74, 6) is 0.728. The highest BCUT2D eigenvalue weighted by Gasteiger charge is 2.14. The molecule has 0 radical (unpaired) electrons. The second-order valence-corrected chi connectivity index (χ2v) is 4.58. The predicted molar refractivity (Wildman–Crippen MR) is 62.8 cm³/mol. The van der Waals surface area contributed by atoms with E-state index >= 15 is 0 Å². The van der Waals surface area contributed by atoms with Gasteiger partial charge in [-0.25, -0.2) is 0 Å². The molecule has 2 N–H and O–H groups in total. The SMILES string of the molecule is C=C(Cl)CNC(=O)CCC1CCCNC1. The summed E-state index contributed by atoms with van der Waals surface area (Å²) in [6.45, 7) is 6.07. The van der Waals surface area contributed by atoms with Crippen LogP contribution in [0.5, 0.6) is 0 Å². The molecule has 1 saturated heterocycles. The monoisotopic (exact) mass is 230 g/mol. The van der Waals surface area contributed by atoms with Crippen molar-refractivity contribution in [2.45, 2.75) is 25.7 Å². The number of amides is 1. The number of hydrogen-bond acceptors (Lipinski definition) is 2. The van der Waals surface area contributed by atoms with Crippen molar-refractivity contribution >= 4 is 17.5 Å². The third-order valence-electron chi connectivity index (χ3n) is 2.66. The van der Waals surface area contributed by atoms with Gasteiger partial charge in [-0.15, -0.1) is 0 Å². The molecule has 86 valence electrons. The summed E-state index contributed by atoms with van der Waals surface area (Å²) < 4.78 is 0.